The van der Waals surface area contributed by atoms with Crippen molar-refractivity contribution in [2.45, 2.75) is 18.9 Å². The number of rotatable bonds is 6. The molecule has 0 radical (unpaired) electrons. The molecule has 0 heterocycles. The molecule has 4 nitrogen and oxygen atoms in total. The topological polar surface area (TPSA) is 69.9 Å². The highest BCUT2D eigenvalue weighted by atomic mass is 16.5. The first-order chi connectivity index (χ1) is 7.59. The van der Waals surface area contributed by atoms with Crippen LogP contribution in [0.3, 0.4) is 0 Å². The van der Waals surface area contributed by atoms with E-state index >= 15 is 0 Å². The number of aliphatic hydroxyl groups is 3. The fraction of sp³-hybridized carbons (Fsp3) is 0.500. The van der Waals surface area contributed by atoms with Crippen LogP contribution in [0, 0.1) is 6.92 Å². The summed E-state index contributed by atoms with van der Waals surface area (Å²) in [6.07, 6.45) is 0.0926. The van der Waals surface area contributed by atoms with Gasteiger partial charge in [-0.25, -0.2) is 0 Å². The fourth-order valence-electron chi connectivity index (χ4n) is 1.26. The lowest BCUT2D eigenvalue weighted by Crippen LogP contribution is -2.40. The van der Waals surface area contributed by atoms with Crippen LogP contribution in [0.4, 0.5) is 0 Å². The highest BCUT2D eigenvalue weighted by Gasteiger charge is 2.26. The highest BCUT2D eigenvalue weighted by molar-refractivity contribution is 5.26. The Hall–Kier alpha value is -1.10. The minimum Gasteiger partial charge on any atom is -0.491 e. The lowest BCUT2D eigenvalue weighted by Gasteiger charge is -2.24. The molecule has 1 aromatic rings. The Morgan fingerprint density at radius 1 is 1.19 bits per heavy atom. The predicted molar refractivity (Wildman–Crippen MR) is 60.4 cm³/mol. The zero-order valence-corrected chi connectivity index (χ0v) is 9.39. The summed E-state index contributed by atoms with van der Waals surface area (Å²) in [5.41, 5.74) is -0.250. The van der Waals surface area contributed by atoms with Gasteiger partial charge in [0.05, 0.1) is 6.61 Å². The Bertz CT molecular complexity index is 309. The SMILES string of the molecule is Cc1ccc(OCC(O)(CO)CCO)cc1. The van der Waals surface area contributed by atoms with Gasteiger partial charge in [-0.15, -0.1) is 0 Å². The molecule has 16 heavy (non-hydrogen) atoms. The van der Waals surface area contributed by atoms with Crippen LogP contribution < -0.4 is 4.74 Å². The second-order valence-electron chi connectivity index (χ2n) is 3.96. The van der Waals surface area contributed by atoms with Crippen LogP contribution in [-0.2, 0) is 0 Å². The summed E-state index contributed by atoms with van der Waals surface area (Å²) in [6.45, 7) is 1.32. The normalized spacial score (nSPS) is 14.5. The first-order valence-electron chi connectivity index (χ1n) is 5.23. The molecule has 0 bridgehead atoms. The standard InChI is InChI=1S/C12H18O4/c1-10-2-4-11(5-3-10)16-9-12(15,8-14)6-7-13/h2-5,13-15H,6-9H2,1H3. The maximum absolute atomic E-state index is 9.80. The summed E-state index contributed by atoms with van der Waals surface area (Å²) in [5.74, 6) is 0.635. The molecule has 0 amide bonds. The molecule has 0 fully saturated rings. The number of hydrogen-bond acceptors (Lipinski definition) is 4. The number of benzene rings is 1. The van der Waals surface area contributed by atoms with E-state index in [4.69, 9.17) is 14.9 Å². The van der Waals surface area contributed by atoms with Gasteiger partial charge in [-0.1, -0.05) is 17.7 Å². The number of hydrogen-bond donors (Lipinski definition) is 3. The molecule has 90 valence electrons. The third-order valence-electron chi connectivity index (χ3n) is 2.40. The van der Waals surface area contributed by atoms with Gasteiger partial charge in [0.1, 0.15) is 18.0 Å². The van der Waals surface area contributed by atoms with E-state index in [1.165, 1.54) is 0 Å². The molecule has 1 unspecified atom stereocenters. The highest BCUT2D eigenvalue weighted by Crippen LogP contribution is 2.15. The molecular formula is C12H18O4. The molecule has 1 atom stereocenters. The summed E-state index contributed by atoms with van der Waals surface area (Å²) in [7, 11) is 0. The summed E-state index contributed by atoms with van der Waals surface area (Å²) in [6, 6.07) is 7.40. The van der Waals surface area contributed by atoms with Crippen molar-refractivity contribution in [1.82, 2.24) is 0 Å². The molecule has 0 aliphatic heterocycles. The van der Waals surface area contributed by atoms with E-state index in [9.17, 15) is 5.11 Å². The zero-order chi connectivity index (χ0) is 12.0. The van der Waals surface area contributed by atoms with Crippen molar-refractivity contribution in [2.24, 2.45) is 0 Å². The van der Waals surface area contributed by atoms with Crippen molar-refractivity contribution < 1.29 is 20.1 Å². The molecule has 0 aliphatic rings. The van der Waals surface area contributed by atoms with Gasteiger partial charge in [-0.2, -0.15) is 0 Å². The first kappa shape index (κ1) is 13.0. The molecule has 1 rings (SSSR count). The molecule has 0 spiro atoms. The van der Waals surface area contributed by atoms with E-state index < -0.39 is 12.2 Å². The van der Waals surface area contributed by atoms with Crippen LogP contribution in [-0.4, -0.2) is 40.7 Å². The second-order valence-corrected chi connectivity index (χ2v) is 3.96. The summed E-state index contributed by atoms with van der Waals surface area (Å²) in [4.78, 5) is 0. The lowest BCUT2D eigenvalue weighted by atomic mass is 10.0. The molecule has 0 saturated carbocycles. The van der Waals surface area contributed by atoms with Crippen LogP contribution in [0.1, 0.15) is 12.0 Å². The van der Waals surface area contributed by atoms with Crippen molar-refractivity contribution in [2.75, 3.05) is 19.8 Å². The summed E-state index contributed by atoms with van der Waals surface area (Å²) in [5, 5.41) is 27.5. The van der Waals surface area contributed by atoms with Crippen LogP contribution in [0.15, 0.2) is 24.3 Å². The van der Waals surface area contributed by atoms with E-state index in [1.807, 2.05) is 19.1 Å². The Morgan fingerprint density at radius 3 is 2.31 bits per heavy atom. The average molecular weight is 226 g/mol. The van der Waals surface area contributed by atoms with Gasteiger partial charge in [-0.05, 0) is 19.1 Å². The first-order valence-corrected chi connectivity index (χ1v) is 5.23. The maximum Gasteiger partial charge on any atom is 0.124 e. The molecule has 0 aliphatic carbocycles. The van der Waals surface area contributed by atoms with E-state index in [-0.39, 0.29) is 19.6 Å². The third-order valence-corrected chi connectivity index (χ3v) is 2.40. The number of aryl methyl sites for hydroxylation is 1. The van der Waals surface area contributed by atoms with Gasteiger partial charge in [0.25, 0.3) is 0 Å². The number of ether oxygens (including phenoxy) is 1. The number of aliphatic hydroxyl groups excluding tert-OH is 2. The predicted octanol–water partition coefficient (Wildman–Crippen LogP) is 0.480. The van der Waals surface area contributed by atoms with Gasteiger partial charge in [-0.3, -0.25) is 0 Å². The molecule has 0 aromatic heterocycles. The van der Waals surface area contributed by atoms with Crippen LogP contribution >= 0.6 is 0 Å². The van der Waals surface area contributed by atoms with Crippen LogP contribution in [0.25, 0.3) is 0 Å². The van der Waals surface area contributed by atoms with Crippen molar-refractivity contribution in [3.8, 4) is 5.75 Å². The molecular weight excluding hydrogens is 208 g/mol. The Kier molecular flexibility index (Phi) is 4.73. The molecule has 3 N–H and O–H groups in total. The molecule has 0 saturated heterocycles. The minimum atomic E-state index is -1.38. The van der Waals surface area contributed by atoms with Crippen LogP contribution in [0.5, 0.6) is 5.75 Å². The second kappa shape index (κ2) is 5.84. The monoisotopic (exact) mass is 226 g/mol. The Balaban J connectivity index is 2.52. The molecule has 1 aromatic carbocycles. The van der Waals surface area contributed by atoms with Gasteiger partial charge >= 0.3 is 0 Å². The van der Waals surface area contributed by atoms with E-state index in [0.29, 0.717) is 5.75 Å². The smallest absolute Gasteiger partial charge is 0.124 e. The summed E-state index contributed by atoms with van der Waals surface area (Å²) < 4.78 is 5.35. The van der Waals surface area contributed by atoms with E-state index in [2.05, 4.69) is 0 Å². The van der Waals surface area contributed by atoms with Gasteiger partial charge in [0.2, 0.25) is 0 Å². The Morgan fingerprint density at radius 2 is 1.81 bits per heavy atom. The third kappa shape index (κ3) is 3.81. The minimum absolute atomic E-state index is 0.0346. The van der Waals surface area contributed by atoms with Gasteiger partial charge in [0.15, 0.2) is 0 Å². The van der Waals surface area contributed by atoms with Crippen molar-refractivity contribution >= 4 is 0 Å². The Labute approximate surface area is 95.1 Å². The van der Waals surface area contributed by atoms with Crippen molar-refractivity contribution in [3.05, 3.63) is 29.8 Å². The largest absolute Gasteiger partial charge is 0.491 e. The van der Waals surface area contributed by atoms with Crippen molar-refractivity contribution in [3.63, 3.8) is 0 Å². The fourth-order valence-corrected chi connectivity index (χ4v) is 1.26. The molecule has 4 heteroatoms. The maximum atomic E-state index is 9.80. The van der Waals surface area contributed by atoms with Gasteiger partial charge < -0.3 is 20.1 Å². The summed E-state index contributed by atoms with van der Waals surface area (Å²) >= 11 is 0. The van der Waals surface area contributed by atoms with E-state index in [0.717, 1.165) is 5.56 Å². The lowest BCUT2D eigenvalue weighted by molar-refractivity contribution is -0.0612. The van der Waals surface area contributed by atoms with Crippen LogP contribution in [0.2, 0.25) is 0 Å². The average Bonchev–Trinajstić information content (AvgIpc) is 2.29. The van der Waals surface area contributed by atoms with E-state index in [1.54, 1.807) is 12.1 Å². The van der Waals surface area contributed by atoms with Crippen molar-refractivity contribution in [1.29, 1.82) is 0 Å². The quantitative estimate of drug-likeness (QED) is 0.660. The zero-order valence-electron chi connectivity index (χ0n) is 9.39. The van der Waals surface area contributed by atoms with Gasteiger partial charge in [0, 0.05) is 13.0 Å².